The van der Waals surface area contributed by atoms with Crippen molar-refractivity contribution < 1.29 is 14.6 Å². The molecule has 0 spiro atoms. The Morgan fingerprint density at radius 3 is 2.94 bits per heavy atom. The average molecular weight is 315 g/mol. The van der Waals surface area contributed by atoms with Crippen molar-refractivity contribution in [1.29, 1.82) is 0 Å². The summed E-state index contributed by atoms with van der Waals surface area (Å²) in [5.74, 6) is 0.872. The lowest BCUT2D eigenvalue weighted by Gasteiger charge is -2.35. The molecule has 1 heterocycles. The van der Waals surface area contributed by atoms with Gasteiger partial charge in [-0.3, -0.25) is 0 Å². The number of aliphatic hydroxyl groups excluding tert-OH is 1. The molecule has 18 heavy (non-hydrogen) atoms. The molecule has 2 rings (SSSR count). The van der Waals surface area contributed by atoms with E-state index in [1.54, 1.807) is 7.11 Å². The number of benzene rings is 1. The van der Waals surface area contributed by atoms with Crippen LogP contribution in [0, 0.1) is 5.41 Å². The summed E-state index contributed by atoms with van der Waals surface area (Å²) in [4.78, 5) is 0. The molecule has 0 radical (unpaired) electrons. The van der Waals surface area contributed by atoms with Gasteiger partial charge in [-0.05, 0) is 43.0 Å². The van der Waals surface area contributed by atoms with E-state index in [-0.39, 0.29) is 12.0 Å². The number of methoxy groups -OCH3 is 1. The van der Waals surface area contributed by atoms with Gasteiger partial charge in [-0.2, -0.15) is 0 Å². The van der Waals surface area contributed by atoms with E-state index in [4.69, 9.17) is 9.47 Å². The first-order valence-corrected chi connectivity index (χ1v) is 6.99. The molecule has 1 aromatic rings. The zero-order chi connectivity index (χ0) is 13.0. The molecule has 0 saturated carbocycles. The second-order valence-electron chi connectivity index (χ2n) is 4.95. The fourth-order valence-electron chi connectivity index (χ4n) is 2.52. The average Bonchev–Trinajstić information content (AvgIpc) is 2.40. The van der Waals surface area contributed by atoms with Crippen LogP contribution in [0.4, 0.5) is 0 Å². The Kier molecular flexibility index (Phi) is 4.65. The van der Waals surface area contributed by atoms with Crippen molar-refractivity contribution in [3.05, 3.63) is 28.2 Å². The fraction of sp³-hybridized carbons (Fsp3) is 0.571. The molecule has 1 aliphatic heterocycles. The highest BCUT2D eigenvalue weighted by Gasteiger charge is 2.33. The van der Waals surface area contributed by atoms with Gasteiger partial charge in [0.25, 0.3) is 0 Å². The van der Waals surface area contributed by atoms with Gasteiger partial charge >= 0.3 is 0 Å². The quantitative estimate of drug-likeness (QED) is 0.928. The first kappa shape index (κ1) is 13.8. The van der Waals surface area contributed by atoms with Crippen molar-refractivity contribution in [3.8, 4) is 5.75 Å². The second-order valence-corrected chi connectivity index (χ2v) is 5.86. The molecule has 1 atom stereocenters. The predicted molar refractivity (Wildman–Crippen MR) is 74.0 cm³/mol. The van der Waals surface area contributed by atoms with Crippen molar-refractivity contribution >= 4 is 15.9 Å². The lowest BCUT2D eigenvalue weighted by molar-refractivity contribution is -0.0381. The Labute approximate surface area is 116 Å². The summed E-state index contributed by atoms with van der Waals surface area (Å²) >= 11 is 3.48. The first-order chi connectivity index (χ1) is 8.69. The van der Waals surface area contributed by atoms with E-state index in [2.05, 4.69) is 22.0 Å². The molecule has 0 bridgehead atoms. The summed E-state index contributed by atoms with van der Waals surface area (Å²) in [5, 5.41) is 9.70. The van der Waals surface area contributed by atoms with Gasteiger partial charge in [0.05, 0.1) is 20.3 Å². The third-order valence-corrected chi connectivity index (χ3v) is 4.04. The Morgan fingerprint density at radius 2 is 2.33 bits per heavy atom. The van der Waals surface area contributed by atoms with E-state index in [0.717, 1.165) is 41.7 Å². The van der Waals surface area contributed by atoms with Crippen LogP contribution < -0.4 is 4.74 Å². The standard InChI is InChI=1S/C14H19BrO3/c1-17-13-4-3-12(15)7-11(13)8-14(9-16)5-2-6-18-10-14/h3-4,7,16H,2,5-6,8-10H2,1H3. The highest BCUT2D eigenvalue weighted by molar-refractivity contribution is 9.10. The summed E-state index contributed by atoms with van der Waals surface area (Å²) in [6, 6.07) is 5.98. The Bertz CT molecular complexity index is 400. The number of aliphatic hydroxyl groups is 1. The van der Waals surface area contributed by atoms with Crippen molar-refractivity contribution in [3.63, 3.8) is 0 Å². The van der Waals surface area contributed by atoms with Crippen LogP contribution in [0.25, 0.3) is 0 Å². The molecule has 4 heteroatoms. The first-order valence-electron chi connectivity index (χ1n) is 6.20. The van der Waals surface area contributed by atoms with Gasteiger partial charge in [-0.15, -0.1) is 0 Å². The predicted octanol–water partition coefficient (Wildman–Crippen LogP) is 2.79. The van der Waals surface area contributed by atoms with Crippen molar-refractivity contribution in [2.24, 2.45) is 5.41 Å². The lowest BCUT2D eigenvalue weighted by atomic mass is 9.78. The summed E-state index contributed by atoms with van der Waals surface area (Å²) in [7, 11) is 1.68. The highest BCUT2D eigenvalue weighted by Crippen LogP contribution is 2.35. The molecule has 1 fully saturated rings. The zero-order valence-electron chi connectivity index (χ0n) is 10.6. The van der Waals surface area contributed by atoms with Gasteiger partial charge < -0.3 is 14.6 Å². The maximum absolute atomic E-state index is 9.70. The van der Waals surface area contributed by atoms with E-state index in [0.29, 0.717) is 6.61 Å². The molecule has 0 amide bonds. The van der Waals surface area contributed by atoms with Gasteiger partial charge in [-0.1, -0.05) is 15.9 Å². The van der Waals surface area contributed by atoms with Gasteiger partial charge in [0.1, 0.15) is 5.75 Å². The maximum Gasteiger partial charge on any atom is 0.122 e. The van der Waals surface area contributed by atoms with Gasteiger partial charge in [0.15, 0.2) is 0 Å². The topological polar surface area (TPSA) is 38.7 Å². The molecule has 0 aliphatic carbocycles. The van der Waals surface area contributed by atoms with Crippen LogP contribution in [-0.2, 0) is 11.2 Å². The smallest absolute Gasteiger partial charge is 0.122 e. The van der Waals surface area contributed by atoms with Crippen LogP contribution in [0.3, 0.4) is 0 Å². The summed E-state index contributed by atoms with van der Waals surface area (Å²) in [6.45, 7) is 1.58. The molecule has 3 nitrogen and oxygen atoms in total. The minimum Gasteiger partial charge on any atom is -0.496 e. The molecule has 1 saturated heterocycles. The minimum atomic E-state index is -0.160. The van der Waals surface area contributed by atoms with E-state index < -0.39 is 0 Å². The summed E-state index contributed by atoms with van der Waals surface area (Å²) in [6.07, 6.45) is 2.79. The third kappa shape index (κ3) is 3.05. The van der Waals surface area contributed by atoms with E-state index in [1.165, 1.54) is 0 Å². The van der Waals surface area contributed by atoms with Crippen LogP contribution in [0.1, 0.15) is 18.4 Å². The molecule has 1 N–H and O–H groups in total. The SMILES string of the molecule is COc1ccc(Br)cc1CC1(CO)CCCOC1. The van der Waals surface area contributed by atoms with Crippen LogP contribution in [0.2, 0.25) is 0 Å². The Balaban J connectivity index is 2.23. The van der Waals surface area contributed by atoms with Crippen LogP contribution in [-0.4, -0.2) is 32.0 Å². The summed E-state index contributed by atoms with van der Waals surface area (Å²) < 4.78 is 12.0. The van der Waals surface area contributed by atoms with Gasteiger partial charge in [-0.25, -0.2) is 0 Å². The van der Waals surface area contributed by atoms with Crippen LogP contribution in [0.5, 0.6) is 5.75 Å². The number of halogens is 1. The molecule has 1 unspecified atom stereocenters. The normalized spacial score (nSPS) is 23.9. The Hall–Kier alpha value is -0.580. The number of ether oxygens (including phenoxy) is 2. The molecular formula is C14H19BrO3. The second kappa shape index (κ2) is 6.04. The van der Waals surface area contributed by atoms with E-state index in [1.807, 2.05) is 12.1 Å². The number of rotatable bonds is 4. The van der Waals surface area contributed by atoms with E-state index in [9.17, 15) is 5.11 Å². The van der Waals surface area contributed by atoms with Crippen molar-refractivity contribution in [2.75, 3.05) is 26.9 Å². The van der Waals surface area contributed by atoms with Crippen LogP contribution >= 0.6 is 15.9 Å². The highest BCUT2D eigenvalue weighted by atomic mass is 79.9. The number of hydrogen-bond acceptors (Lipinski definition) is 3. The monoisotopic (exact) mass is 314 g/mol. The minimum absolute atomic E-state index is 0.155. The molecular weight excluding hydrogens is 296 g/mol. The Morgan fingerprint density at radius 1 is 1.50 bits per heavy atom. The third-order valence-electron chi connectivity index (χ3n) is 3.55. The van der Waals surface area contributed by atoms with Crippen molar-refractivity contribution in [1.82, 2.24) is 0 Å². The van der Waals surface area contributed by atoms with Gasteiger partial charge in [0, 0.05) is 16.5 Å². The molecule has 100 valence electrons. The summed E-state index contributed by atoms with van der Waals surface area (Å²) in [5.41, 5.74) is 0.957. The van der Waals surface area contributed by atoms with Gasteiger partial charge in [0.2, 0.25) is 0 Å². The van der Waals surface area contributed by atoms with Crippen molar-refractivity contribution in [2.45, 2.75) is 19.3 Å². The number of hydrogen-bond donors (Lipinski definition) is 1. The molecule has 0 aromatic heterocycles. The lowest BCUT2D eigenvalue weighted by Crippen LogP contribution is -2.37. The largest absolute Gasteiger partial charge is 0.496 e. The molecule has 1 aliphatic rings. The van der Waals surface area contributed by atoms with Crippen LogP contribution in [0.15, 0.2) is 22.7 Å². The van der Waals surface area contributed by atoms with E-state index >= 15 is 0 Å². The maximum atomic E-state index is 9.70. The zero-order valence-corrected chi connectivity index (χ0v) is 12.2. The molecule has 1 aromatic carbocycles. The fourth-order valence-corrected chi connectivity index (χ4v) is 2.93.